The first kappa shape index (κ1) is 54.8. The highest BCUT2D eigenvalue weighted by Crippen LogP contribution is 2.14. The Kier molecular flexibility index (Phi) is 44.7. The third-order valence-electron chi connectivity index (χ3n) is 10.8. The molecule has 0 fully saturated rings. The maximum Gasteiger partial charge on any atom is 0.305 e. The van der Waals surface area contributed by atoms with Crippen molar-refractivity contribution < 1.29 is 24.5 Å². The molecule has 332 valence electrons. The normalized spacial score (nSPS) is 13.1. The van der Waals surface area contributed by atoms with Gasteiger partial charge in [0.15, 0.2) is 0 Å². The highest BCUT2D eigenvalue weighted by atomic mass is 16.5. The molecule has 0 saturated heterocycles. The van der Waals surface area contributed by atoms with Crippen LogP contribution in [0.5, 0.6) is 0 Å². The number of hydrogen-bond acceptors (Lipinski definition) is 5. The number of nitrogens with one attached hydrogen (secondary N) is 1. The highest BCUT2D eigenvalue weighted by Gasteiger charge is 2.18. The van der Waals surface area contributed by atoms with Crippen LogP contribution < -0.4 is 5.32 Å². The van der Waals surface area contributed by atoms with Crippen molar-refractivity contribution in [2.45, 2.75) is 251 Å². The number of hydrogen-bond donors (Lipinski definition) is 3. The summed E-state index contributed by atoms with van der Waals surface area (Å²) in [5.74, 6) is -0.128. The maximum absolute atomic E-state index is 12.3. The topological polar surface area (TPSA) is 95.9 Å². The molecular weight excluding hydrogens is 707 g/mol. The molecule has 0 radical (unpaired) electrons. The average Bonchev–Trinajstić information content (AvgIpc) is 3.21. The minimum absolute atomic E-state index is 0.0298. The Labute approximate surface area is 353 Å². The lowest BCUT2D eigenvalue weighted by molar-refractivity contribution is -0.143. The van der Waals surface area contributed by atoms with Crippen molar-refractivity contribution in [3.8, 4) is 0 Å². The zero-order valence-electron chi connectivity index (χ0n) is 37.6. The third kappa shape index (κ3) is 43.2. The zero-order chi connectivity index (χ0) is 41.5. The van der Waals surface area contributed by atoms with Gasteiger partial charge in [0, 0.05) is 12.8 Å². The van der Waals surface area contributed by atoms with Crippen LogP contribution in [0.2, 0.25) is 0 Å². The molecule has 1 amide bonds. The number of aliphatic hydroxyl groups is 2. The minimum Gasteiger partial charge on any atom is -0.466 e. The van der Waals surface area contributed by atoms with E-state index < -0.39 is 12.1 Å². The van der Waals surface area contributed by atoms with E-state index in [1.165, 1.54) is 122 Å². The molecule has 0 heterocycles. The Hall–Kier alpha value is -2.18. The van der Waals surface area contributed by atoms with Crippen LogP contribution in [-0.4, -0.2) is 47.4 Å². The van der Waals surface area contributed by atoms with Gasteiger partial charge in [0.2, 0.25) is 5.91 Å². The second-order valence-corrected chi connectivity index (χ2v) is 16.4. The van der Waals surface area contributed by atoms with Gasteiger partial charge in [-0.3, -0.25) is 9.59 Å². The van der Waals surface area contributed by atoms with E-state index in [9.17, 15) is 19.8 Å². The van der Waals surface area contributed by atoms with Crippen LogP contribution >= 0.6 is 0 Å². The van der Waals surface area contributed by atoms with Crippen molar-refractivity contribution in [2.24, 2.45) is 0 Å². The molecule has 2 atom stereocenters. The molecule has 0 aliphatic rings. The predicted molar refractivity (Wildman–Crippen MR) is 245 cm³/mol. The summed E-state index contributed by atoms with van der Waals surface area (Å²) in [4.78, 5) is 24.4. The number of ether oxygens (including phenoxy) is 1. The van der Waals surface area contributed by atoms with Crippen LogP contribution in [0.3, 0.4) is 0 Å². The Morgan fingerprint density at radius 2 is 0.877 bits per heavy atom. The fourth-order valence-corrected chi connectivity index (χ4v) is 7.01. The van der Waals surface area contributed by atoms with E-state index in [4.69, 9.17) is 4.74 Å². The first-order valence-electron chi connectivity index (χ1n) is 24.4. The van der Waals surface area contributed by atoms with E-state index in [1.807, 2.05) is 6.08 Å². The SMILES string of the molecule is CCCCC/C=C\C/C=C\CCCCCCCCCCCC(=O)OCCCCC/C=C\CCCCCCCC(=O)NC(CO)C(O)/C=C/CCCCCCCCC. The van der Waals surface area contributed by atoms with Gasteiger partial charge in [-0.25, -0.2) is 0 Å². The first-order valence-corrected chi connectivity index (χ1v) is 24.4. The number of carbonyl (C=O) groups is 2. The molecule has 0 aromatic rings. The molecule has 3 N–H and O–H groups in total. The van der Waals surface area contributed by atoms with Crippen molar-refractivity contribution in [1.82, 2.24) is 5.32 Å². The predicted octanol–water partition coefficient (Wildman–Crippen LogP) is 14.3. The second kappa shape index (κ2) is 46.5. The van der Waals surface area contributed by atoms with Gasteiger partial charge in [-0.05, 0) is 96.3 Å². The summed E-state index contributed by atoms with van der Waals surface area (Å²) in [6.45, 7) is 4.77. The average molecular weight is 800 g/mol. The van der Waals surface area contributed by atoms with Crippen molar-refractivity contribution in [1.29, 1.82) is 0 Å². The van der Waals surface area contributed by atoms with Gasteiger partial charge in [-0.15, -0.1) is 0 Å². The van der Waals surface area contributed by atoms with Crippen molar-refractivity contribution in [2.75, 3.05) is 13.2 Å². The lowest BCUT2D eigenvalue weighted by Gasteiger charge is -2.20. The van der Waals surface area contributed by atoms with Crippen LogP contribution in [0.25, 0.3) is 0 Å². The van der Waals surface area contributed by atoms with E-state index in [0.29, 0.717) is 19.4 Å². The molecule has 57 heavy (non-hydrogen) atoms. The smallest absolute Gasteiger partial charge is 0.305 e. The Morgan fingerprint density at radius 3 is 1.39 bits per heavy atom. The number of rotatable bonds is 44. The molecule has 0 aromatic carbocycles. The van der Waals surface area contributed by atoms with Crippen LogP contribution in [-0.2, 0) is 14.3 Å². The summed E-state index contributed by atoms with van der Waals surface area (Å²) < 4.78 is 5.45. The minimum atomic E-state index is -0.859. The highest BCUT2D eigenvalue weighted by molar-refractivity contribution is 5.76. The molecule has 0 spiro atoms. The van der Waals surface area contributed by atoms with Crippen LogP contribution in [0.4, 0.5) is 0 Å². The van der Waals surface area contributed by atoms with Gasteiger partial charge in [-0.1, -0.05) is 178 Å². The molecular formula is C51H93NO5. The summed E-state index contributed by atoms with van der Waals surface area (Å²) in [5.41, 5.74) is 0. The molecule has 2 unspecified atom stereocenters. The molecule has 0 aliphatic carbocycles. The van der Waals surface area contributed by atoms with Crippen LogP contribution in [0.1, 0.15) is 239 Å². The van der Waals surface area contributed by atoms with E-state index in [2.05, 4.69) is 55.6 Å². The number of esters is 1. The summed E-state index contributed by atoms with van der Waals surface area (Å²) >= 11 is 0. The van der Waals surface area contributed by atoms with Crippen LogP contribution in [0, 0.1) is 0 Å². The third-order valence-corrected chi connectivity index (χ3v) is 10.8. The lowest BCUT2D eigenvalue weighted by atomic mass is 10.1. The van der Waals surface area contributed by atoms with E-state index in [-0.39, 0.29) is 18.5 Å². The molecule has 0 saturated carbocycles. The number of unbranched alkanes of at least 4 members (excludes halogenated alkanes) is 27. The Bertz CT molecular complexity index is 973. The van der Waals surface area contributed by atoms with E-state index in [0.717, 1.165) is 89.9 Å². The van der Waals surface area contributed by atoms with Crippen molar-refractivity contribution >= 4 is 11.9 Å². The standard InChI is InChI=1S/C51H93NO5/c1-3-5-7-9-11-13-14-15-16-17-18-19-20-21-25-29-33-37-41-45-51(56)57-46-42-38-34-30-26-23-22-24-28-32-36-40-44-50(55)52-48(47-53)49(54)43-39-35-31-27-12-10-8-6-4-2/h11,13,15-16,23,26,39,43,48-49,53-54H,3-10,12,14,17-22,24-25,27-38,40-42,44-47H2,1-2H3,(H,52,55)/b13-11-,16-15-,26-23-,43-39+. The summed E-state index contributed by atoms with van der Waals surface area (Å²) in [6, 6.07) is -0.645. The van der Waals surface area contributed by atoms with Crippen molar-refractivity contribution in [3.63, 3.8) is 0 Å². The van der Waals surface area contributed by atoms with E-state index in [1.54, 1.807) is 6.08 Å². The first-order chi connectivity index (χ1) is 28.0. The Morgan fingerprint density at radius 1 is 0.491 bits per heavy atom. The van der Waals surface area contributed by atoms with E-state index >= 15 is 0 Å². The fourth-order valence-electron chi connectivity index (χ4n) is 7.01. The molecule has 0 bridgehead atoms. The number of allylic oxidation sites excluding steroid dienone is 7. The molecule has 0 rings (SSSR count). The van der Waals surface area contributed by atoms with Gasteiger partial charge >= 0.3 is 5.97 Å². The number of amides is 1. The number of carbonyl (C=O) groups excluding carboxylic acids is 2. The zero-order valence-corrected chi connectivity index (χ0v) is 37.6. The van der Waals surface area contributed by atoms with Crippen LogP contribution in [0.15, 0.2) is 48.6 Å². The maximum atomic E-state index is 12.3. The van der Waals surface area contributed by atoms with Gasteiger partial charge in [0.1, 0.15) is 0 Å². The quantitative estimate of drug-likeness (QED) is 0.0324. The molecule has 0 aromatic heterocycles. The van der Waals surface area contributed by atoms with Gasteiger partial charge in [0.25, 0.3) is 0 Å². The largest absolute Gasteiger partial charge is 0.466 e. The molecule has 6 heteroatoms. The summed E-state index contributed by atoms with van der Waals surface area (Å²) in [5, 5.41) is 22.8. The molecule has 6 nitrogen and oxygen atoms in total. The number of aliphatic hydroxyl groups excluding tert-OH is 2. The lowest BCUT2D eigenvalue weighted by Crippen LogP contribution is -2.45. The van der Waals surface area contributed by atoms with Crippen molar-refractivity contribution in [3.05, 3.63) is 48.6 Å². The molecule has 0 aliphatic heterocycles. The van der Waals surface area contributed by atoms with Gasteiger partial charge in [-0.2, -0.15) is 0 Å². The second-order valence-electron chi connectivity index (χ2n) is 16.4. The summed E-state index contributed by atoms with van der Waals surface area (Å²) in [6.07, 6.45) is 56.8. The van der Waals surface area contributed by atoms with Gasteiger partial charge < -0.3 is 20.3 Å². The summed E-state index contributed by atoms with van der Waals surface area (Å²) in [7, 11) is 0. The van der Waals surface area contributed by atoms with Gasteiger partial charge in [0.05, 0.1) is 25.4 Å². The monoisotopic (exact) mass is 800 g/mol. The Balaban J connectivity index is 3.50. The fraction of sp³-hybridized carbons (Fsp3) is 0.804.